The van der Waals surface area contributed by atoms with Gasteiger partial charge in [0.1, 0.15) is 0 Å². The zero-order valence-corrected chi connectivity index (χ0v) is 11.5. The van der Waals surface area contributed by atoms with Crippen LogP contribution in [0.5, 0.6) is 0 Å². The van der Waals surface area contributed by atoms with E-state index in [9.17, 15) is 0 Å². The molecule has 1 aromatic rings. The van der Waals surface area contributed by atoms with Gasteiger partial charge in [0.2, 0.25) is 0 Å². The highest BCUT2D eigenvalue weighted by atomic mass is 35.5. The normalized spacial score (nSPS) is 10.1. The van der Waals surface area contributed by atoms with Gasteiger partial charge in [0.15, 0.2) is 0 Å². The summed E-state index contributed by atoms with van der Waals surface area (Å²) < 4.78 is 5.47. The number of halogens is 1. The van der Waals surface area contributed by atoms with Crippen molar-refractivity contribution < 1.29 is 4.74 Å². The van der Waals surface area contributed by atoms with Crippen LogP contribution in [0.3, 0.4) is 0 Å². The molecule has 0 saturated carbocycles. The summed E-state index contributed by atoms with van der Waals surface area (Å²) in [6, 6.07) is 4.25. The molecule has 0 aliphatic rings. The van der Waals surface area contributed by atoms with E-state index in [1.165, 1.54) is 17.7 Å². The molecule has 0 bridgehead atoms. The van der Waals surface area contributed by atoms with E-state index in [-0.39, 0.29) is 12.4 Å². The maximum Gasteiger partial charge on any atom is 0.0478 e. The maximum absolute atomic E-state index is 5.47. The molecule has 1 heterocycles. The predicted molar refractivity (Wildman–Crippen MR) is 73.6 cm³/mol. The van der Waals surface area contributed by atoms with Crippen LogP contribution in [0.4, 0.5) is 0 Å². The molecule has 0 atom stereocenters. The molecule has 1 N–H and O–H groups in total. The van der Waals surface area contributed by atoms with E-state index >= 15 is 0 Å². The number of hydrogen-bond donors (Lipinski definition) is 1. The number of hydrogen-bond acceptors (Lipinski definition) is 3. The first-order chi connectivity index (χ1) is 7.43. The van der Waals surface area contributed by atoms with Crippen LogP contribution in [0.1, 0.15) is 31.1 Å². The summed E-state index contributed by atoms with van der Waals surface area (Å²) >= 11 is 1.80. The number of rotatable bonds is 9. The molecule has 0 fully saturated rings. The first kappa shape index (κ1) is 15.9. The molecule has 0 radical (unpaired) electrons. The molecule has 0 spiro atoms. The zero-order valence-electron chi connectivity index (χ0n) is 9.91. The highest BCUT2D eigenvalue weighted by molar-refractivity contribution is 7.09. The van der Waals surface area contributed by atoms with Crippen molar-refractivity contribution in [2.75, 3.05) is 19.8 Å². The van der Waals surface area contributed by atoms with E-state index in [0.29, 0.717) is 0 Å². The predicted octanol–water partition coefficient (Wildman–Crippen LogP) is 3.47. The van der Waals surface area contributed by atoms with Crippen molar-refractivity contribution in [3.05, 3.63) is 22.4 Å². The highest BCUT2D eigenvalue weighted by Crippen LogP contribution is 2.06. The van der Waals surface area contributed by atoms with Crippen LogP contribution in [-0.2, 0) is 11.3 Å². The van der Waals surface area contributed by atoms with E-state index in [4.69, 9.17) is 4.74 Å². The number of unbranched alkanes of at least 4 members (excludes halogenated alkanes) is 1. The second-order valence-corrected chi connectivity index (χ2v) is 4.61. The van der Waals surface area contributed by atoms with Gasteiger partial charge in [-0.25, -0.2) is 0 Å². The van der Waals surface area contributed by atoms with E-state index in [1.54, 1.807) is 11.3 Å². The topological polar surface area (TPSA) is 21.3 Å². The fourth-order valence-electron chi connectivity index (χ4n) is 1.27. The Morgan fingerprint density at radius 1 is 1.31 bits per heavy atom. The summed E-state index contributed by atoms with van der Waals surface area (Å²) in [5.74, 6) is 0. The van der Waals surface area contributed by atoms with Crippen LogP contribution in [-0.4, -0.2) is 19.8 Å². The summed E-state index contributed by atoms with van der Waals surface area (Å²) in [5, 5.41) is 5.53. The molecule has 1 rings (SSSR count). The molecule has 94 valence electrons. The van der Waals surface area contributed by atoms with Crippen LogP contribution >= 0.6 is 23.7 Å². The van der Waals surface area contributed by atoms with Crippen LogP contribution in [0.15, 0.2) is 17.5 Å². The molecule has 0 unspecified atom stereocenters. The van der Waals surface area contributed by atoms with Gasteiger partial charge in [0.05, 0.1) is 0 Å². The van der Waals surface area contributed by atoms with Gasteiger partial charge in [-0.05, 0) is 30.8 Å². The summed E-state index contributed by atoms with van der Waals surface area (Å²) in [7, 11) is 0. The van der Waals surface area contributed by atoms with Crippen LogP contribution < -0.4 is 5.32 Å². The smallest absolute Gasteiger partial charge is 0.0478 e. The highest BCUT2D eigenvalue weighted by Gasteiger charge is 1.92. The minimum absolute atomic E-state index is 0. The largest absolute Gasteiger partial charge is 0.381 e. The lowest BCUT2D eigenvalue weighted by Crippen LogP contribution is -2.15. The van der Waals surface area contributed by atoms with Gasteiger partial charge < -0.3 is 10.1 Å². The third-order valence-corrected chi connectivity index (χ3v) is 3.04. The van der Waals surface area contributed by atoms with Crippen molar-refractivity contribution in [3.8, 4) is 0 Å². The second-order valence-electron chi connectivity index (χ2n) is 3.58. The summed E-state index contributed by atoms with van der Waals surface area (Å²) in [6.45, 7) is 6.03. The van der Waals surface area contributed by atoms with Crippen molar-refractivity contribution in [2.45, 2.75) is 32.7 Å². The maximum atomic E-state index is 5.47. The molecular formula is C12H22ClNOS. The lowest BCUT2D eigenvalue weighted by Gasteiger charge is -2.04. The summed E-state index contributed by atoms with van der Waals surface area (Å²) in [4.78, 5) is 1.40. The molecule has 0 saturated heterocycles. The summed E-state index contributed by atoms with van der Waals surface area (Å²) in [6.07, 6.45) is 3.51. The summed E-state index contributed by atoms with van der Waals surface area (Å²) in [5.41, 5.74) is 0. The van der Waals surface area contributed by atoms with Gasteiger partial charge in [-0.2, -0.15) is 0 Å². The average Bonchev–Trinajstić information content (AvgIpc) is 2.75. The van der Waals surface area contributed by atoms with E-state index in [0.717, 1.165) is 32.7 Å². The molecular weight excluding hydrogens is 242 g/mol. The lowest BCUT2D eigenvalue weighted by molar-refractivity contribution is 0.129. The first-order valence-electron chi connectivity index (χ1n) is 5.74. The SMILES string of the molecule is CCCCOCCCNCc1cccs1.Cl. The van der Waals surface area contributed by atoms with Crippen LogP contribution in [0.25, 0.3) is 0 Å². The van der Waals surface area contributed by atoms with Gasteiger partial charge >= 0.3 is 0 Å². The van der Waals surface area contributed by atoms with Crippen LogP contribution in [0.2, 0.25) is 0 Å². The van der Waals surface area contributed by atoms with Gasteiger partial charge in [0, 0.05) is 24.6 Å². The molecule has 1 aromatic heterocycles. The van der Waals surface area contributed by atoms with Crippen LogP contribution in [0, 0.1) is 0 Å². The zero-order chi connectivity index (χ0) is 10.8. The van der Waals surface area contributed by atoms with Crippen molar-refractivity contribution in [1.29, 1.82) is 0 Å². The Balaban J connectivity index is 0.00000225. The fourth-order valence-corrected chi connectivity index (χ4v) is 1.95. The number of thiophene rings is 1. The minimum atomic E-state index is 0. The fraction of sp³-hybridized carbons (Fsp3) is 0.667. The first-order valence-corrected chi connectivity index (χ1v) is 6.62. The van der Waals surface area contributed by atoms with Gasteiger partial charge in [-0.3, -0.25) is 0 Å². The number of nitrogens with one attached hydrogen (secondary N) is 1. The average molecular weight is 264 g/mol. The van der Waals surface area contributed by atoms with Gasteiger partial charge in [-0.15, -0.1) is 23.7 Å². The Labute approximate surface area is 109 Å². The molecule has 16 heavy (non-hydrogen) atoms. The minimum Gasteiger partial charge on any atom is -0.381 e. The molecule has 0 aromatic carbocycles. The Hall–Kier alpha value is -0.0900. The lowest BCUT2D eigenvalue weighted by atomic mass is 10.3. The van der Waals surface area contributed by atoms with Crippen molar-refractivity contribution in [3.63, 3.8) is 0 Å². The third kappa shape index (κ3) is 8.11. The number of ether oxygens (including phenoxy) is 1. The Bertz CT molecular complexity index is 229. The van der Waals surface area contributed by atoms with Crippen molar-refractivity contribution in [1.82, 2.24) is 5.32 Å². The monoisotopic (exact) mass is 263 g/mol. The molecule has 2 nitrogen and oxygen atoms in total. The van der Waals surface area contributed by atoms with Crippen molar-refractivity contribution >= 4 is 23.7 Å². The van der Waals surface area contributed by atoms with Gasteiger partial charge in [0.25, 0.3) is 0 Å². The second kappa shape index (κ2) is 11.4. The van der Waals surface area contributed by atoms with Crippen molar-refractivity contribution in [2.24, 2.45) is 0 Å². The van der Waals surface area contributed by atoms with Gasteiger partial charge in [-0.1, -0.05) is 19.4 Å². The quantitative estimate of drug-likeness (QED) is 0.689. The van der Waals surface area contributed by atoms with E-state index < -0.39 is 0 Å². The Morgan fingerprint density at radius 2 is 2.12 bits per heavy atom. The Morgan fingerprint density at radius 3 is 2.81 bits per heavy atom. The van der Waals surface area contributed by atoms with E-state index in [2.05, 4.69) is 29.8 Å². The molecule has 0 aliphatic carbocycles. The van der Waals surface area contributed by atoms with E-state index in [1.807, 2.05) is 0 Å². The Kier molecular flexibility index (Phi) is 11.3. The molecule has 4 heteroatoms. The standard InChI is InChI=1S/C12H21NOS.ClH/c1-2-3-8-14-9-5-7-13-11-12-6-4-10-15-12;/h4,6,10,13H,2-3,5,7-9,11H2,1H3;1H. The molecule has 0 aliphatic heterocycles. The molecule has 0 amide bonds. The third-order valence-electron chi connectivity index (χ3n) is 2.16.